The van der Waals surface area contributed by atoms with Crippen LogP contribution in [-0.4, -0.2) is 10.9 Å². The zero-order valence-electron chi connectivity index (χ0n) is 18.7. The molecule has 1 atom stereocenters. The molecule has 1 amide bonds. The number of nitrogens with zero attached hydrogens (tertiary/aromatic N) is 1. The Hall–Kier alpha value is -3.38. The van der Waals surface area contributed by atoms with Gasteiger partial charge in [0, 0.05) is 16.6 Å². The van der Waals surface area contributed by atoms with Crippen molar-refractivity contribution in [1.82, 2.24) is 4.98 Å². The predicted octanol–water partition coefficient (Wildman–Crippen LogP) is 6.93. The van der Waals surface area contributed by atoms with Crippen LogP contribution in [0.5, 0.6) is 0 Å². The van der Waals surface area contributed by atoms with Crippen molar-refractivity contribution < 1.29 is 9.21 Å². The molecule has 4 aromatic rings. The first-order valence-electron chi connectivity index (χ1n) is 10.7. The molecule has 5 nitrogen and oxygen atoms in total. The van der Waals surface area contributed by atoms with E-state index in [1.54, 1.807) is 29.7 Å². The molecule has 6 heteroatoms. The summed E-state index contributed by atoms with van der Waals surface area (Å²) in [6.07, 6.45) is 3.27. The number of hydrogen-bond acceptors (Lipinski definition) is 5. The SMILES string of the molecule is Cc1sc(NC(=O)c2ccco2)c([C@@H](Nc2ccccn2)c2ccc(C(C)C)cc2)c1C. The first-order chi connectivity index (χ1) is 15.4. The molecule has 3 heterocycles. The van der Waals surface area contributed by atoms with E-state index < -0.39 is 0 Å². The number of amides is 1. The van der Waals surface area contributed by atoms with Gasteiger partial charge in [-0.25, -0.2) is 4.98 Å². The van der Waals surface area contributed by atoms with Crippen LogP contribution in [0.15, 0.2) is 71.5 Å². The molecule has 0 unspecified atom stereocenters. The molecular weight excluding hydrogens is 418 g/mol. The second-order valence-electron chi connectivity index (χ2n) is 8.07. The van der Waals surface area contributed by atoms with Gasteiger partial charge in [-0.3, -0.25) is 4.79 Å². The first kappa shape index (κ1) is 21.8. The van der Waals surface area contributed by atoms with Gasteiger partial charge in [0.2, 0.25) is 0 Å². The van der Waals surface area contributed by atoms with Gasteiger partial charge < -0.3 is 15.1 Å². The number of furan rings is 1. The molecule has 32 heavy (non-hydrogen) atoms. The lowest BCUT2D eigenvalue weighted by molar-refractivity contribution is 0.0997. The van der Waals surface area contributed by atoms with E-state index in [-0.39, 0.29) is 17.7 Å². The van der Waals surface area contributed by atoms with Crippen LogP contribution in [0.1, 0.15) is 63.5 Å². The third-order valence-electron chi connectivity index (χ3n) is 5.59. The lowest BCUT2D eigenvalue weighted by Gasteiger charge is -2.23. The number of anilines is 2. The van der Waals surface area contributed by atoms with Crippen LogP contribution in [-0.2, 0) is 0 Å². The minimum absolute atomic E-state index is 0.178. The summed E-state index contributed by atoms with van der Waals surface area (Å²) in [5, 5.41) is 7.46. The van der Waals surface area contributed by atoms with Crippen LogP contribution in [0.2, 0.25) is 0 Å². The van der Waals surface area contributed by atoms with Crippen molar-refractivity contribution in [2.75, 3.05) is 10.6 Å². The quantitative estimate of drug-likeness (QED) is 0.324. The van der Waals surface area contributed by atoms with Crippen molar-refractivity contribution in [3.05, 3.63) is 99.9 Å². The Balaban J connectivity index is 1.77. The number of thiophene rings is 1. The zero-order chi connectivity index (χ0) is 22.7. The lowest BCUT2D eigenvalue weighted by atomic mass is 9.93. The summed E-state index contributed by atoms with van der Waals surface area (Å²) in [5.41, 5.74) is 4.57. The average molecular weight is 446 g/mol. The van der Waals surface area contributed by atoms with Crippen molar-refractivity contribution in [3.63, 3.8) is 0 Å². The summed E-state index contributed by atoms with van der Waals surface area (Å²) in [6, 6.07) is 17.6. The van der Waals surface area contributed by atoms with Crippen LogP contribution < -0.4 is 10.6 Å². The molecule has 0 bridgehead atoms. The van der Waals surface area contributed by atoms with E-state index in [1.165, 1.54) is 11.8 Å². The summed E-state index contributed by atoms with van der Waals surface area (Å²) in [4.78, 5) is 18.4. The Bertz CT molecular complexity index is 1180. The van der Waals surface area contributed by atoms with E-state index in [2.05, 4.69) is 67.6 Å². The molecular formula is C26H27N3O2S. The fraction of sp³-hybridized carbons (Fsp3) is 0.231. The first-order valence-corrected chi connectivity index (χ1v) is 11.5. The van der Waals surface area contributed by atoms with E-state index in [0.29, 0.717) is 5.92 Å². The fourth-order valence-electron chi connectivity index (χ4n) is 3.65. The second kappa shape index (κ2) is 9.40. The van der Waals surface area contributed by atoms with Gasteiger partial charge in [-0.2, -0.15) is 0 Å². The molecule has 0 saturated carbocycles. The third kappa shape index (κ3) is 4.60. The minimum atomic E-state index is -0.260. The van der Waals surface area contributed by atoms with Gasteiger partial charge in [-0.1, -0.05) is 44.2 Å². The Morgan fingerprint density at radius 3 is 2.38 bits per heavy atom. The van der Waals surface area contributed by atoms with E-state index >= 15 is 0 Å². The summed E-state index contributed by atoms with van der Waals surface area (Å²) in [5.74, 6) is 1.26. The van der Waals surface area contributed by atoms with Crippen LogP contribution in [0.25, 0.3) is 0 Å². The van der Waals surface area contributed by atoms with Gasteiger partial charge in [-0.15, -0.1) is 11.3 Å². The van der Waals surface area contributed by atoms with Gasteiger partial charge in [0.05, 0.1) is 12.3 Å². The summed E-state index contributed by atoms with van der Waals surface area (Å²) < 4.78 is 5.29. The molecule has 0 fully saturated rings. The maximum Gasteiger partial charge on any atom is 0.291 e. The van der Waals surface area contributed by atoms with Crippen LogP contribution in [0.4, 0.5) is 10.8 Å². The summed E-state index contributed by atoms with van der Waals surface area (Å²) in [7, 11) is 0. The third-order valence-corrected chi connectivity index (χ3v) is 6.72. The Morgan fingerprint density at radius 2 is 1.75 bits per heavy atom. The number of rotatable bonds is 7. The molecule has 3 aromatic heterocycles. The number of hydrogen-bond donors (Lipinski definition) is 2. The van der Waals surface area contributed by atoms with E-state index in [0.717, 1.165) is 32.4 Å². The van der Waals surface area contributed by atoms with E-state index in [1.807, 2.05) is 18.2 Å². The number of aromatic nitrogens is 1. The smallest absolute Gasteiger partial charge is 0.291 e. The van der Waals surface area contributed by atoms with Crippen LogP contribution >= 0.6 is 11.3 Å². The van der Waals surface area contributed by atoms with E-state index in [4.69, 9.17) is 4.42 Å². The Morgan fingerprint density at radius 1 is 1.00 bits per heavy atom. The van der Waals surface area contributed by atoms with Crippen LogP contribution in [0, 0.1) is 13.8 Å². The maximum atomic E-state index is 12.8. The monoisotopic (exact) mass is 445 g/mol. The minimum Gasteiger partial charge on any atom is -0.459 e. The molecule has 4 rings (SSSR count). The highest BCUT2D eigenvalue weighted by Crippen LogP contribution is 2.41. The van der Waals surface area contributed by atoms with Crippen molar-refractivity contribution in [2.24, 2.45) is 0 Å². The van der Waals surface area contributed by atoms with Gasteiger partial charge in [-0.05, 0) is 60.7 Å². The van der Waals surface area contributed by atoms with Gasteiger partial charge in [0.1, 0.15) is 10.8 Å². The molecule has 0 radical (unpaired) electrons. The molecule has 0 aliphatic rings. The molecule has 164 valence electrons. The fourth-order valence-corrected chi connectivity index (χ4v) is 4.74. The number of carbonyl (C=O) groups excluding carboxylic acids is 1. The van der Waals surface area contributed by atoms with Gasteiger partial charge in [0.15, 0.2) is 5.76 Å². The summed E-state index contributed by atoms with van der Waals surface area (Å²) >= 11 is 1.57. The number of nitrogens with one attached hydrogen (secondary N) is 2. The van der Waals surface area contributed by atoms with Crippen molar-refractivity contribution >= 4 is 28.1 Å². The maximum absolute atomic E-state index is 12.8. The van der Waals surface area contributed by atoms with E-state index in [9.17, 15) is 4.79 Å². The molecule has 0 spiro atoms. The Kier molecular flexibility index (Phi) is 6.42. The van der Waals surface area contributed by atoms with Gasteiger partial charge >= 0.3 is 0 Å². The number of aryl methyl sites for hydroxylation is 1. The van der Waals surface area contributed by atoms with Crippen molar-refractivity contribution in [1.29, 1.82) is 0 Å². The molecule has 1 aromatic carbocycles. The largest absolute Gasteiger partial charge is 0.459 e. The topological polar surface area (TPSA) is 67.2 Å². The highest BCUT2D eigenvalue weighted by atomic mass is 32.1. The molecule has 0 aliphatic heterocycles. The number of pyridine rings is 1. The number of benzene rings is 1. The Labute approximate surface area is 192 Å². The standard InChI is InChI=1S/C26H27N3O2S/c1-16(2)19-10-12-20(13-11-19)24(28-22-9-5-6-14-27-22)23-17(3)18(4)32-26(23)29-25(30)21-8-7-15-31-21/h5-16,24H,1-4H3,(H,27,28)(H,29,30)/t24-/m0/s1. The second-order valence-corrected chi connectivity index (χ2v) is 9.30. The molecule has 0 aliphatic carbocycles. The predicted molar refractivity (Wildman–Crippen MR) is 131 cm³/mol. The highest BCUT2D eigenvalue weighted by molar-refractivity contribution is 7.16. The number of carbonyl (C=O) groups is 1. The molecule has 2 N–H and O–H groups in total. The zero-order valence-corrected chi connectivity index (χ0v) is 19.5. The lowest BCUT2D eigenvalue weighted by Crippen LogP contribution is -2.17. The van der Waals surface area contributed by atoms with Crippen LogP contribution in [0.3, 0.4) is 0 Å². The van der Waals surface area contributed by atoms with Gasteiger partial charge in [0.25, 0.3) is 5.91 Å². The normalized spacial score (nSPS) is 12.0. The molecule has 0 saturated heterocycles. The van der Waals surface area contributed by atoms with Crippen molar-refractivity contribution in [3.8, 4) is 0 Å². The summed E-state index contributed by atoms with van der Waals surface area (Å²) in [6.45, 7) is 8.55. The highest BCUT2D eigenvalue weighted by Gasteiger charge is 2.25. The van der Waals surface area contributed by atoms with Crippen molar-refractivity contribution in [2.45, 2.75) is 39.7 Å². The average Bonchev–Trinajstić information content (AvgIpc) is 3.42.